The number of nitrogens with one attached hydrogen (secondary N) is 1. The monoisotopic (exact) mass is 281 g/mol. The maximum absolute atomic E-state index is 12.0. The number of carbonyl (C=O) groups excluding carboxylic acids is 1. The Bertz CT molecular complexity index is 464. The van der Waals surface area contributed by atoms with E-state index in [4.69, 9.17) is 18.0 Å². The predicted molar refractivity (Wildman–Crippen MR) is 76.9 cm³/mol. The fourth-order valence-electron chi connectivity index (χ4n) is 2.29. The smallest absolute Gasteiger partial charge is 0.269 e. The summed E-state index contributed by atoms with van der Waals surface area (Å²) >= 11 is 4.90. The van der Waals surface area contributed by atoms with E-state index in [0.29, 0.717) is 17.2 Å². The molecule has 0 unspecified atom stereocenters. The van der Waals surface area contributed by atoms with Crippen molar-refractivity contribution in [3.8, 4) is 0 Å². The largest absolute Gasteiger partial charge is 0.392 e. The lowest BCUT2D eigenvalue weighted by Crippen LogP contribution is -2.46. The normalized spacial score (nSPS) is 17.3. The molecule has 2 heterocycles. The van der Waals surface area contributed by atoms with E-state index in [1.54, 1.807) is 17.1 Å². The summed E-state index contributed by atoms with van der Waals surface area (Å²) in [6.45, 7) is 2.49. The van der Waals surface area contributed by atoms with Gasteiger partial charge in [0.25, 0.3) is 5.91 Å². The fraction of sp³-hybridized carbons (Fsp3) is 0.583. The number of likely N-dealkylation sites (tertiary alicyclic amines) is 1. The Morgan fingerprint density at radius 2 is 2.26 bits per heavy atom. The van der Waals surface area contributed by atoms with Crippen LogP contribution in [-0.4, -0.2) is 51.0 Å². The summed E-state index contributed by atoms with van der Waals surface area (Å²) in [6.07, 6.45) is 5.05. The highest BCUT2D eigenvalue weighted by Gasteiger charge is 2.22. The van der Waals surface area contributed by atoms with Crippen molar-refractivity contribution in [3.63, 3.8) is 0 Å². The zero-order valence-electron chi connectivity index (χ0n) is 11.0. The first kappa shape index (κ1) is 14.0. The SMILES string of the molecule is Cn1cncc1C(=O)NC1CCN(CC(N)=S)CC1. The summed E-state index contributed by atoms with van der Waals surface area (Å²) in [5.74, 6) is -0.0622. The summed E-state index contributed by atoms with van der Waals surface area (Å²) in [4.78, 5) is 18.7. The molecule has 1 amide bonds. The number of nitrogens with zero attached hydrogens (tertiary/aromatic N) is 3. The summed E-state index contributed by atoms with van der Waals surface area (Å²) in [6, 6.07) is 0.213. The third-order valence-corrected chi connectivity index (χ3v) is 3.48. The molecular weight excluding hydrogens is 262 g/mol. The van der Waals surface area contributed by atoms with E-state index in [1.165, 1.54) is 0 Å². The summed E-state index contributed by atoms with van der Waals surface area (Å²) in [7, 11) is 1.81. The van der Waals surface area contributed by atoms with Crippen molar-refractivity contribution >= 4 is 23.1 Å². The molecule has 104 valence electrons. The van der Waals surface area contributed by atoms with Crippen molar-refractivity contribution in [2.75, 3.05) is 19.6 Å². The van der Waals surface area contributed by atoms with E-state index in [1.807, 2.05) is 7.05 Å². The quantitative estimate of drug-likeness (QED) is 0.754. The van der Waals surface area contributed by atoms with Crippen molar-refractivity contribution in [3.05, 3.63) is 18.2 Å². The fourth-order valence-corrected chi connectivity index (χ4v) is 2.47. The molecule has 0 saturated carbocycles. The highest BCUT2D eigenvalue weighted by molar-refractivity contribution is 7.80. The molecule has 19 heavy (non-hydrogen) atoms. The van der Waals surface area contributed by atoms with Crippen LogP contribution in [0.2, 0.25) is 0 Å². The highest BCUT2D eigenvalue weighted by atomic mass is 32.1. The third kappa shape index (κ3) is 3.74. The van der Waals surface area contributed by atoms with Crippen molar-refractivity contribution in [1.82, 2.24) is 19.8 Å². The zero-order chi connectivity index (χ0) is 13.8. The molecule has 0 bridgehead atoms. The number of nitrogens with two attached hydrogens (primary N) is 1. The maximum Gasteiger partial charge on any atom is 0.269 e. The van der Waals surface area contributed by atoms with Crippen LogP contribution >= 0.6 is 12.2 Å². The predicted octanol–water partition coefficient (Wildman–Crippen LogP) is -0.0996. The van der Waals surface area contributed by atoms with Gasteiger partial charge in [-0.2, -0.15) is 0 Å². The van der Waals surface area contributed by atoms with Crippen molar-refractivity contribution in [1.29, 1.82) is 0 Å². The molecule has 2 rings (SSSR count). The minimum absolute atomic E-state index is 0.0622. The van der Waals surface area contributed by atoms with Gasteiger partial charge in [0.2, 0.25) is 0 Å². The molecule has 0 aliphatic carbocycles. The van der Waals surface area contributed by atoms with Gasteiger partial charge in [0.15, 0.2) is 0 Å². The van der Waals surface area contributed by atoms with Gasteiger partial charge in [-0.05, 0) is 12.8 Å². The molecule has 0 atom stereocenters. The van der Waals surface area contributed by atoms with Crippen LogP contribution in [0.4, 0.5) is 0 Å². The van der Waals surface area contributed by atoms with E-state index in [-0.39, 0.29) is 11.9 Å². The van der Waals surface area contributed by atoms with E-state index in [0.717, 1.165) is 25.9 Å². The molecule has 0 aromatic carbocycles. The van der Waals surface area contributed by atoms with Crippen LogP contribution in [0.5, 0.6) is 0 Å². The Kier molecular flexibility index (Phi) is 4.49. The van der Waals surface area contributed by atoms with E-state index < -0.39 is 0 Å². The van der Waals surface area contributed by atoms with Crippen LogP contribution in [0.3, 0.4) is 0 Å². The second kappa shape index (κ2) is 6.12. The minimum atomic E-state index is -0.0622. The topological polar surface area (TPSA) is 76.2 Å². The van der Waals surface area contributed by atoms with Crippen molar-refractivity contribution in [2.45, 2.75) is 18.9 Å². The van der Waals surface area contributed by atoms with E-state index in [2.05, 4.69) is 15.2 Å². The Morgan fingerprint density at radius 1 is 1.58 bits per heavy atom. The molecule has 1 fully saturated rings. The summed E-state index contributed by atoms with van der Waals surface area (Å²) in [5, 5.41) is 3.05. The standard InChI is InChI=1S/C12H19N5OS/c1-16-8-14-6-10(16)12(18)15-9-2-4-17(5-3-9)7-11(13)19/h6,8-9H,2-5,7H2,1H3,(H2,13,19)(H,15,18). The van der Waals surface area contributed by atoms with Gasteiger partial charge in [-0.25, -0.2) is 4.98 Å². The second-order valence-corrected chi connectivity index (χ2v) is 5.40. The van der Waals surface area contributed by atoms with Gasteiger partial charge < -0.3 is 15.6 Å². The number of piperidine rings is 1. The maximum atomic E-state index is 12.0. The minimum Gasteiger partial charge on any atom is -0.392 e. The van der Waals surface area contributed by atoms with Crippen LogP contribution in [0, 0.1) is 0 Å². The van der Waals surface area contributed by atoms with Crippen LogP contribution in [0.1, 0.15) is 23.3 Å². The summed E-state index contributed by atoms with van der Waals surface area (Å²) in [5.41, 5.74) is 6.12. The van der Waals surface area contributed by atoms with Gasteiger partial charge in [0.1, 0.15) is 5.69 Å². The average Bonchev–Trinajstić information content (AvgIpc) is 2.77. The van der Waals surface area contributed by atoms with Gasteiger partial charge >= 0.3 is 0 Å². The zero-order valence-corrected chi connectivity index (χ0v) is 11.8. The van der Waals surface area contributed by atoms with Crippen LogP contribution < -0.4 is 11.1 Å². The number of aromatic nitrogens is 2. The highest BCUT2D eigenvalue weighted by Crippen LogP contribution is 2.10. The van der Waals surface area contributed by atoms with Gasteiger partial charge in [0, 0.05) is 32.7 Å². The molecule has 1 aliphatic rings. The Hall–Kier alpha value is -1.47. The Balaban J connectivity index is 1.81. The second-order valence-electron chi connectivity index (χ2n) is 4.88. The number of aryl methyl sites for hydroxylation is 1. The molecule has 0 radical (unpaired) electrons. The van der Waals surface area contributed by atoms with Crippen LogP contribution in [-0.2, 0) is 7.05 Å². The molecule has 1 saturated heterocycles. The van der Waals surface area contributed by atoms with Gasteiger partial charge in [0.05, 0.1) is 17.5 Å². The first-order chi connectivity index (χ1) is 9.06. The van der Waals surface area contributed by atoms with Crippen LogP contribution in [0.25, 0.3) is 0 Å². The molecule has 3 N–H and O–H groups in total. The summed E-state index contributed by atoms with van der Waals surface area (Å²) < 4.78 is 1.72. The van der Waals surface area contributed by atoms with Crippen molar-refractivity contribution in [2.24, 2.45) is 12.8 Å². The molecular formula is C12H19N5OS. The first-order valence-electron chi connectivity index (χ1n) is 6.34. The van der Waals surface area contributed by atoms with Gasteiger partial charge in [-0.3, -0.25) is 9.69 Å². The molecule has 0 spiro atoms. The number of carbonyl (C=O) groups is 1. The molecule has 1 aromatic heterocycles. The van der Waals surface area contributed by atoms with E-state index >= 15 is 0 Å². The van der Waals surface area contributed by atoms with Gasteiger partial charge in [-0.15, -0.1) is 0 Å². The third-order valence-electron chi connectivity index (χ3n) is 3.35. The number of hydrogen-bond donors (Lipinski definition) is 2. The average molecular weight is 281 g/mol. The van der Waals surface area contributed by atoms with E-state index in [9.17, 15) is 4.79 Å². The van der Waals surface area contributed by atoms with Gasteiger partial charge in [-0.1, -0.05) is 12.2 Å². The number of rotatable bonds is 4. The molecule has 7 heteroatoms. The lowest BCUT2D eigenvalue weighted by molar-refractivity contribution is 0.0906. The molecule has 1 aliphatic heterocycles. The Morgan fingerprint density at radius 3 is 2.79 bits per heavy atom. The molecule has 6 nitrogen and oxygen atoms in total. The number of imidazole rings is 1. The Labute approximate surface area is 118 Å². The molecule has 1 aromatic rings. The number of amides is 1. The number of thiocarbonyl (C=S) groups is 1. The first-order valence-corrected chi connectivity index (χ1v) is 6.75. The van der Waals surface area contributed by atoms with Crippen LogP contribution in [0.15, 0.2) is 12.5 Å². The lowest BCUT2D eigenvalue weighted by atomic mass is 10.0. The lowest BCUT2D eigenvalue weighted by Gasteiger charge is -2.31. The number of hydrogen-bond acceptors (Lipinski definition) is 4. The van der Waals surface area contributed by atoms with Crippen molar-refractivity contribution < 1.29 is 4.79 Å².